The van der Waals surface area contributed by atoms with Gasteiger partial charge in [0.25, 0.3) is 0 Å². The van der Waals surface area contributed by atoms with Crippen LogP contribution in [0.3, 0.4) is 0 Å². The first-order chi connectivity index (χ1) is 9.76. The molecule has 1 aliphatic carbocycles. The topological polar surface area (TPSA) is 24.5 Å². The van der Waals surface area contributed by atoms with E-state index in [4.69, 9.17) is 4.74 Å². The summed E-state index contributed by atoms with van der Waals surface area (Å²) in [5.41, 5.74) is 2.96. The molecule has 1 N–H and O–H groups in total. The summed E-state index contributed by atoms with van der Waals surface area (Å²) in [5.74, 6) is 0.984. The van der Waals surface area contributed by atoms with Gasteiger partial charge in [0, 0.05) is 18.6 Å². The molecule has 1 fully saturated rings. The van der Waals surface area contributed by atoms with Crippen molar-refractivity contribution in [2.45, 2.75) is 44.2 Å². The van der Waals surface area contributed by atoms with Crippen LogP contribution in [0.25, 0.3) is 0 Å². The number of likely N-dealkylation sites (tertiary alicyclic amines) is 1. The lowest BCUT2D eigenvalue weighted by Crippen LogP contribution is -2.45. The molecule has 0 saturated carbocycles. The average molecular weight is 274 g/mol. The van der Waals surface area contributed by atoms with Crippen LogP contribution in [0.4, 0.5) is 0 Å². The quantitative estimate of drug-likeness (QED) is 0.917. The normalized spacial score (nSPS) is 27.1. The molecule has 3 rings (SSSR count). The largest absolute Gasteiger partial charge is 0.497 e. The van der Waals surface area contributed by atoms with Gasteiger partial charge in [-0.25, -0.2) is 0 Å². The predicted octanol–water partition coefficient (Wildman–Crippen LogP) is 2.76. The molecule has 0 amide bonds. The fourth-order valence-corrected chi connectivity index (χ4v) is 3.66. The Bertz CT molecular complexity index is 460. The molecular weight excluding hydrogens is 248 g/mol. The van der Waals surface area contributed by atoms with Gasteiger partial charge in [0.15, 0.2) is 0 Å². The molecule has 0 bridgehead atoms. The van der Waals surface area contributed by atoms with Crippen molar-refractivity contribution in [1.82, 2.24) is 10.2 Å². The number of benzene rings is 1. The molecule has 110 valence electrons. The van der Waals surface area contributed by atoms with Gasteiger partial charge >= 0.3 is 0 Å². The van der Waals surface area contributed by atoms with Gasteiger partial charge in [0.05, 0.1) is 7.11 Å². The third kappa shape index (κ3) is 2.99. The fourth-order valence-electron chi connectivity index (χ4n) is 3.66. The predicted molar refractivity (Wildman–Crippen MR) is 82.3 cm³/mol. The Morgan fingerprint density at radius 1 is 1.25 bits per heavy atom. The maximum Gasteiger partial charge on any atom is 0.119 e. The van der Waals surface area contributed by atoms with Gasteiger partial charge in [-0.1, -0.05) is 6.07 Å². The van der Waals surface area contributed by atoms with E-state index in [9.17, 15) is 0 Å². The van der Waals surface area contributed by atoms with E-state index >= 15 is 0 Å². The van der Waals surface area contributed by atoms with Crippen molar-refractivity contribution in [2.75, 3.05) is 27.2 Å². The molecule has 3 nitrogen and oxygen atoms in total. The number of aryl methyl sites for hydroxylation is 1. The summed E-state index contributed by atoms with van der Waals surface area (Å²) in [6.07, 6.45) is 6.37. The number of hydrogen-bond donors (Lipinski definition) is 1. The van der Waals surface area contributed by atoms with Crippen LogP contribution in [0.2, 0.25) is 0 Å². The molecule has 1 aromatic rings. The monoisotopic (exact) mass is 274 g/mol. The van der Waals surface area contributed by atoms with Gasteiger partial charge in [0.1, 0.15) is 5.75 Å². The molecule has 1 heterocycles. The standard InChI is InChI=1S/C17H26N2O/c1-19-10-4-6-14(12-19)18-17-7-3-5-13-8-9-15(20-2)11-16(13)17/h8-9,11,14,17-18H,3-7,10,12H2,1-2H3. The van der Waals surface area contributed by atoms with Gasteiger partial charge in [-0.15, -0.1) is 0 Å². The Kier molecular flexibility index (Phi) is 4.27. The highest BCUT2D eigenvalue weighted by Crippen LogP contribution is 2.33. The van der Waals surface area contributed by atoms with Crippen LogP contribution in [-0.4, -0.2) is 38.2 Å². The third-order valence-corrected chi connectivity index (χ3v) is 4.73. The zero-order valence-corrected chi connectivity index (χ0v) is 12.7. The summed E-state index contributed by atoms with van der Waals surface area (Å²) in [5, 5.41) is 3.90. The highest BCUT2D eigenvalue weighted by atomic mass is 16.5. The minimum absolute atomic E-state index is 0.505. The molecule has 20 heavy (non-hydrogen) atoms. The zero-order valence-electron chi connectivity index (χ0n) is 12.7. The number of piperidine rings is 1. The molecule has 0 radical (unpaired) electrons. The molecule has 2 atom stereocenters. The second kappa shape index (κ2) is 6.15. The van der Waals surface area contributed by atoms with Gasteiger partial charge < -0.3 is 15.0 Å². The second-order valence-electron chi connectivity index (χ2n) is 6.28. The van der Waals surface area contributed by atoms with Gasteiger partial charge in [0.2, 0.25) is 0 Å². The van der Waals surface area contributed by atoms with Crippen LogP contribution < -0.4 is 10.1 Å². The van der Waals surface area contributed by atoms with Crippen molar-refractivity contribution in [3.63, 3.8) is 0 Å². The summed E-state index contributed by atoms with van der Waals surface area (Å²) in [7, 11) is 3.98. The molecule has 1 aliphatic heterocycles. The van der Waals surface area contributed by atoms with Gasteiger partial charge in [-0.2, -0.15) is 0 Å². The SMILES string of the molecule is COc1ccc2c(c1)C(NC1CCCN(C)C1)CCC2. The summed E-state index contributed by atoms with van der Waals surface area (Å²) in [4.78, 5) is 2.44. The van der Waals surface area contributed by atoms with E-state index in [1.165, 1.54) is 56.3 Å². The number of likely N-dealkylation sites (N-methyl/N-ethyl adjacent to an activating group) is 1. The maximum absolute atomic E-state index is 5.40. The van der Waals surface area contributed by atoms with Gasteiger partial charge in [-0.3, -0.25) is 0 Å². The number of rotatable bonds is 3. The summed E-state index contributed by atoms with van der Waals surface area (Å²) < 4.78 is 5.40. The number of nitrogens with zero attached hydrogens (tertiary/aromatic N) is 1. The molecular formula is C17H26N2O. The molecule has 1 saturated heterocycles. The van der Waals surface area contributed by atoms with E-state index in [0.717, 1.165) is 5.75 Å². The molecule has 2 aliphatic rings. The minimum atomic E-state index is 0.505. The maximum atomic E-state index is 5.40. The molecule has 2 unspecified atom stereocenters. The molecule has 0 aromatic heterocycles. The van der Waals surface area contributed by atoms with Crippen molar-refractivity contribution in [1.29, 1.82) is 0 Å². The highest BCUT2D eigenvalue weighted by molar-refractivity contribution is 5.39. The summed E-state index contributed by atoms with van der Waals surface area (Å²) >= 11 is 0. The van der Waals surface area contributed by atoms with Crippen LogP contribution in [0, 0.1) is 0 Å². The van der Waals surface area contributed by atoms with E-state index in [1.807, 2.05) is 0 Å². The van der Waals surface area contributed by atoms with Crippen LogP contribution in [-0.2, 0) is 6.42 Å². The van der Waals surface area contributed by atoms with E-state index in [-0.39, 0.29) is 0 Å². The number of methoxy groups -OCH3 is 1. The third-order valence-electron chi connectivity index (χ3n) is 4.73. The number of nitrogens with one attached hydrogen (secondary N) is 1. The average Bonchev–Trinajstić information content (AvgIpc) is 2.47. The first-order valence-corrected chi connectivity index (χ1v) is 7.87. The lowest BCUT2D eigenvalue weighted by molar-refractivity contribution is 0.212. The first-order valence-electron chi connectivity index (χ1n) is 7.87. The molecule has 0 spiro atoms. The van der Waals surface area contributed by atoms with Crippen molar-refractivity contribution in [3.8, 4) is 5.75 Å². The first kappa shape index (κ1) is 13.9. The number of fused-ring (bicyclic) bond motifs is 1. The minimum Gasteiger partial charge on any atom is -0.497 e. The van der Waals surface area contributed by atoms with Crippen molar-refractivity contribution in [3.05, 3.63) is 29.3 Å². The Balaban J connectivity index is 1.75. The zero-order chi connectivity index (χ0) is 13.9. The fraction of sp³-hybridized carbons (Fsp3) is 0.647. The van der Waals surface area contributed by atoms with E-state index in [0.29, 0.717) is 12.1 Å². The number of ether oxygens (including phenoxy) is 1. The molecule has 1 aromatic carbocycles. The van der Waals surface area contributed by atoms with Crippen molar-refractivity contribution >= 4 is 0 Å². The summed E-state index contributed by atoms with van der Waals surface area (Å²) in [6.45, 7) is 2.42. The summed E-state index contributed by atoms with van der Waals surface area (Å²) in [6, 6.07) is 7.71. The van der Waals surface area contributed by atoms with Crippen LogP contribution in [0.5, 0.6) is 5.75 Å². The van der Waals surface area contributed by atoms with Gasteiger partial charge in [-0.05, 0) is 69.0 Å². The van der Waals surface area contributed by atoms with Crippen LogP contribution in [0.1, 0.15) is 42.9 Å². The Hall–Kier alpha value is -1.06. The second-order valence-corrected chi connectivity index (χ2v) is 6.28. The molecule has 3 heteroatoms. The Morgan fingerprint density at radius 2 is 2.15 bits per heavy atom. The van der Waals surface area contributed by atoms with Crippen LogP contribution in [0.15, 0.2) is 18.2 Å². The van der Waals surface area contributed by atoms with E-state index < -0.39 is 0 Å². The van der Waals surface area contributed by atoms with Crippen molar-refractivity contribution in [2.24, 2.45) is 0 Å². The Labute approximate surface area is 122 Å². The Morgan fingerprint density at radius 3 is 2.95 bits per heavy atom. The van der Waals surface area contributed by atoms with Crippen molar-refractivity contribution < 1.29 is 4.74 Å². The highest BCUT2D eigenvalue weighted by Gasteiger charge is 2.25. The van der Waals surface area contributed by atoms with E-state index in [2.05, 4.69) is 35.5 Å². The lowest BCUT2D eigenvalue weighted by Gasteiger charge is -2.35. The smallest absolute Gasteiger partial charge is 0.119 e. The van der Waals surface area contributed by atoms with E-state index in [1.54, 1.807) is 7.11 Å². The van der Waals surface area contributed by atoms with Crippen LogP contribution >= 0.6 is 0 Å². The number of hydrogen-bond acceptors (Lipinski definition) is 3. The lowest BCUT2D eigenvalue weighted by atomic mass is 9.86.